The third-order valence-electron chi connectivity index (χ3n) is 3.72. The van der Waals surface area contributed by atoms with Crippen molar-refractivity contribution in [1.29, 1.82) is 5.26 Å². The number of ether oxygens (including phenoxy) is 1. The number of sulfonamides is 1. The normalized spacial score (nSPS) is 20.7. The van der Waals surface area contributed by atoms with Crippen LogP contribution in [0.25, 0.3) is 0 Å². The first-order chi connectivity index (χ1) is 10.4. The lowest BCUT2D eigenvalue weighted by atomic mass is 9.99. The number of benzene rings is 1. The molecule has 0 aliphatic carbocycles. The molecule has 1 aromatic rings. The van der Waals surface area contributed by atoms with Gasteiger partial charge in [-0.2, -0.15) is 5.26 Å². The summed E-state index contributed by atoms with van der Waals surface area (Å²) in [5, 5.41) is 12.3. The molecule has 1 fully saturated rings. The maximum atomic E-state index is 12.4. The molecule has 2 N–H and O–H groups in total. The standard InChI is InChI=1S/C14H18ClN3O3S.ClH/c1-21-10-14(5-2-6-17-14)9-18-22(19,20)12-4-3-11(8-16)13(15)7-12;/h3-4,7,17-18H,2,5-6,9-10H2,1H3;1H. The van der Waals surface area contributed by atoms with Crippen molar-refractivity contribution < 1.29 is 13.2 Å². The summed E-state index contributed by atoms with van der Waals surface area (Å²) in [5.74, 6) is 0. The molecule has 1 heterocycles. The molecular formula is C14H19Cl2N3O3S. The lowest BCUT2D eigenvalue weighted by Gasteiger charge is -2.28. The molecule has 23 heavy (non-hydrogen) atoms. The van der Waals surface area contributed by atoms with E-state index >= 15 is 0 Å². The molecule has 1 aliphatic heterocycles. The van der Waals surface area contributed by atoms with Gasteiger partial charge in [0.2, 0.25) is 10.0 Å². The summed E-state index contributed by atoms with van der Waals surface area (Å²) in [6.45, 7) is 1.51. The van der Waals surface area contributed by atoms with Gasteiger partial charge in [-0.25, -0.2) is 13.1 Å². The second kappa shape index (κ2) is 8.29. The Morgan fingerprint density at radius 1 is 1.52 bits per heavy atom. The van der Waals surface area contributed by atoms with Crippen molar-refractivity contribution in [2.24, 2.45) is 0 Å². The molecule has 0 aromatic heterocycles. The third-order valence-corrected chi connectivity index (χ3v) is 5.44. The number of halogens is 2. The SMILES string of the molecule is COCC1(CNS(=O)(=O)c2ccc(C#N)c(Cl)c2)CCCN1.Cl. The Hall–Kier alpha value is -0.880. The minimum absolute atomic E-state index is 0. The van der Waals surface area contributed by atoms with E-state index in [-0.39, 0.29) is 40.0 Å². The molecule has 0 bridgehead atoms. The van der Waals surface area contributed by atoms with E-state index in [0.29, 0.717) is 6.61 Å². The summed E-state index contributed by atoms with van der Waals surface area (Å²) >= 11 is 5.89. The first kappa shape index (κ1) is 20.2. The predicted molar refractivity (Wildman–Crippen MR) is 90.4 cm³/mol. The van der Waals surface area contributed by atoms with E-state index in [4.69, 9.17) is 21.6 Å². The first-order valence-electron chi connectivity index (χ1n) is 6.86. The lowest BCUT2D eigenvalue weighted by molar-refractivity contribution is 0.122. The van der Waals surface area contributed by atoms with Crippen LogP contribution in [0.1, 0.15) is 18.4 Å². The highest BCUT2D eigenvalue weighted by Crippen LogP contribution is 2.22. The van der Waals surface area contributed by atoms with E-state index < -0.39 is 10.0 Å². The molecule has 1 saturated heterocycles. The molecule has 1 aromatic carbocycles. The summed E-state index contributed by atoms with van der Waals surface area (Å²) in [5.41, 5.74) is -0.132. The smallest absolute Gasteiger partial charge is 0.240 e. The van der Waals surface area contributed by atoms with Gasteiger partial charge in [-0.15, -0.1) is 12.4 Å². The topological polar surface area (TPSA) is 91.2 Å². The highest BCUT2D eigenvalue weighted by atomic mass is 35.5. The molecule has 6 nitrogen and oxygen atoms in total. The van der Waals surface area contributed by atoms with Crippen LogP contribution in [0.3, 0.4) is 0 Å². The Balaban J connectivity index is 0.00000264. The molecule has 0 saturated carbocycles. The van der Waals surface area contributed by atoms with E-state index in [2.05, 4.69) is 10.0 Å². The molecule has 0 radical (unpaired) electrons. The summed E-state index contributed by atoms with van der Waals surface area (Å²) in [6.07, 6.45) is 1.82. The summed E-state index contributed by atoms with van der Waals surface area (Å²) < 4.78 is 32.5. The van der Waals surface area contributed by atoms with Crippen molar-refractivity contribution in [3.8, 4) is 6.07 Å². The maximum absolute atomic E-state index is 12.4. The zero-order chi connectivity index (χ0) is 16.2. The largest absolute Gasteiger partial charge is 0.383 e. The fourth-order valence-electron chi connectivity index (χ4n) is 2.54. The monoisotopic (exact) mass is 379 g/mol. The molecule has 0 amide bonds. The van der Waals surface area contributed by atoms with Gasteiger partial charge in [0, 0.05) is 13.7 Å². The summed E-state index contributed by atoms with van der Waals surface area (Å²) in [7, 11) is -2.10. The number of nitrogens with zero attached hydrogens (tertiary/aromatic N) is 1. The number of methoxy groups -OCH3 is 1. The van der Waals surface area contributed by atoms with Crippen LogP contribution >= 0.6 is 24.0 Å². The minimum atomic E-state index is -3.69. The van der Waals surface area contributed by atoms with Gasteiger partial charge in [0.1, 0.15) is 6.07 Å². The van der Waals surface area contributed by atoms with Crippen LogP contribution in [0.2, 0.25) is 5.02 Å². The lowest BCUT2D eigenvalue weighted by Crippen LogP contribution is -2.52. The summed E-state index contributed by atoms with van der Waals surface area (Å²) in [4.78, 5) is 0.0436. The van der Waals surface area contributed by atoms with Gasteiger partial charge in [-0.1, -0.05) is 11.6 Å². The van der Waals surface area contributed by atoms with Gasteiger partial charge >= 0.3 is 0 Å². The number of rotatable bonds is 6. The molecule has 1 aliphatic rings. The average molecular weight is 380 g/mol. The molecule has 128 valence electrons. The molecule has 2 rings (SSSR count). The van der Waals surface area contributed by atoms with Crippen LogP contribution in [0.15, 0.2) is 23.1 Å². The highest BCUT2D eigenvalue weighted by molar-refractivity contribution is 7.89. The van der Waals surface area contributed by atoms with Gasteiger partial charge < -0.3 is 10.1 Å². The quantitative estimate of drug-likeness (QED) is 0.784. The van der Waals surface area contributed by atoms with Crippen molar-refractivity contribution in [2.75, 3.05) is 26.8 Å². The number of hydrogen-bond donors (Lipinski definition) is 2. The Morgan fingerprint density at radius 2 is 2.26 bits per heavy atom. The van der Waals surface area contributed by atoms with Crippen molar-refractivity contribution in [3.05, 3.63) is 28.8 Å². The van der Waals surface area contributed by atoms with E-state index in [9.17, 15) is 8.42 Å². The Labute approximate surface area is 147 Å². The van der Waals surface area contributed by atoms with Crippen LogP contribution in [0, 0.1) is 11.3 Å². The third kappa shape index (κ3) is 4.80. The Bertz CT molecular complexity index is 683. The number of nitriles is 1. The van der Waals surface area contributed by atoms with Gasteiger partial charge in [-0.05, 0) is 37.6 Å². The zero-order valence-electron chi connectivity index (χ0n) is 12.6. The Morgan fingerprint density at radius 3 is 2.78 bits per heavy atom. The molecule has 0 spiro atoms. The van der Waals surface area contributed by atoms with Crippen molar-refractivity contribution in [1.82, 2.24) is 10.0 Å². The van der Waals surface area contributed by atoms with Crippen molar-refractivity contribution in [2.45, 2.75) is 23.3 Å². The molecule has 9 heteroatoms. The second-order valence-corrected chi connectivity index (χ2v) is 7.50. The van der Waals surface area contributed by atoms with Crippen LogP contribution in [0.5, 0.6) is 0 Å². The van der Waals surface area contributed by atoms with Crippen LogP contribution < -0.4 is 10.0 Å². The summed E-state index contributed by atoms with van der Waals surface area (Å²) in [6, 6.07) is 5.96. The zero-order valence-corrected chi connectivity index (χ0v) is 15.0. The van der Waals surface area contributed by atoms with Gasteiger partial charge in [-0.3, -0.25) is 0 Å². The van der Waals surface area contributed by atoms with E-state index in [1.54, 1.807) is 7.11 Å². The van der Waals surface area contributed by atoms with Gasteiger partial charge in [0.25, 0.3) is 0 Å². The van der Waals surface area contributed by atoms with Gasteiger partial charge in [0.05, 0.1) is 27.6 Å². The van der Waals surface area contributed by atoms with Gasteiger partial charge in [0.15, 0.2) is 0 Å². The fraction of sp³-hybridized carbons (Fsp3) is 0.500. The second-order valence-electron chi connectivity index (χ2n) is 5.32. The molecular weight excluding hydrogens is 361 g/mol. The maximum Gasteiger partial charge on any atom is 0.240 e. The number of hydrogen-bond acceptors (Lipinski definition) is 5. The average Bonchev–Trinajstić information content (AvgIpc) is 2.95. The highest BCUT2D eigenvalue weighted by Gasteiger charge is 2.34. The van der Waals surface area contributed by atoms with Crippen LogP contribution in [-0.4, -0.2) is 40.8 Å². The van der Waals surface area contributed by atoms with Crippen LogP contribution in [-0.2, 0) is 14.8 Å². The van der Waals surface area contributed by atoms with E-state index in [0.717, 1.165) is 19.4 Å². The molecule has 1 atom stereocenters. The van der Waals surface area contributed by atoms with E-state index in [1.165, 1.54) is 18.2 Å². The fourth-order valence-corrected chi connectivity index (χ4v) is 3.98. The van der Waals surface area contributed by atoms with Crippen molar-refractivity contribution >= 4 is 34.0 Å². The number of nitrogens with one attached hydrogen (secondary N) is 2. The van der Waals surface area contributed by atoms with Crippen molar-refractivity contribution in [3.63, 3.8) is 0 Å². The Kier molecular flexibility index (Phi) is 7.27. The van der Waals surface area contributed by atoms with Crippen LogP contribution in [0.4, 0.5) is 0 Å². The van der Waals surface area contributed by atoms with E-state index in [1.807, 2.05) is 6.07 Å². The first-order valence-corrected chi connectivity index (χ1v) is 8.72. The molecule has 1 unspecified atom stereocenters. The predicted octanol–water partition coefficient (Wildman–Crippen LogP) is 1.68. The minimum Gasteiger partial charge on any atom is -0.383 e.